The van der Waals surface area contributed by atoms with Crippen LogP contribution in [0.2, 0.25) is 0 Å². The summed E-state index contributed by atoms with van der Waals surface area (Å²) in [6, 6.07) is 14.5. The number of imide groups is 1. The van der Waals surface area contributed by atoms with E-state index in [2.05, 4.69) is 0 Å². The first-order valence-corrected chi connectivity index (χ1v) is 7.71. The van der Waals surface area contributed by atoms with Gasteiger partial charge in [0, 0.05) is 0 Å². The van der Waals surface area contributed by atoms with Crippen LogP contribution in [-0.2, 0) is 9.53 Å². The number of halogens is 3. The van der Waals surface area contributed by atoms with Gasteiger partial charge < -0.3 is 10.1 Å². The van der Waals surface area contributed by atoms with E-state index in [0.29, 0.717) is 0 Å². The molecule has 2 aromatic rings. The molecule has 0 aliphatic heterocycles. The fraction of sp³-hybridized carbons (Fsp3) is 0.167. The lowest BCUT2D eigenvalue weighted by Gasteiger charge is -2.09. The topological polar surface area (TPSA) is 84.5 Å². The summed E-state index contributed by atoms with van der Waals surface area (Å²) in [5.74, 6) is -1.86. The van der Waals surface area contributed by atoms with E-state index < -0.39 is 37.2 Å². The van der Waals surface area contributed by atoms with E-state index in [4.69, 9.17) is 4.74 Å². The molecule has 2 aromatic carbocycles. The fourth-order valence-corrected chi connectivity index (χ4v) is 2.03. The molecule has 0 heterocycles. The maximum atomic E-state index is 11.9. The summed E-state index contributed by atoms with van der Waals surface area (Å²) in [5.41, 5.74) is 2.02. The van der Waals surface area contributed by atoms with Crippen LogP contribution in [0.25, 0.3) is 11.1 Å². The van der Waals surface area contributed by atoms with E-state index in [1.54, 1.807) is 17.4 Å². The minimum Gasteiger partial charge on any atom is -0.452 e. The molecule has 3 amide bonds. The van der Waals surface area contributed by atoms with Crippen LogP contribution in [0.15, 0.2) is 54.6 Å². The Balaban J connectivity index is 1.81. The van der Waals surface area contributed by atoms with Gasteiger partial charge in [-0.15, -0.1) is 0 Å². The molecule has 0 aromatic heterocycles. The van der Waals surface area contributed by atoms with Crippen LogP contribution in [0.5, 0.6) is 0 Å². The largest absolute Gasteiger partial charge is 0.452 e. The maximum Gasteiger partial charge on any atom is 0.405 e. The number of benzene rings is 2. The van der Waals surface area contributed by atoms with Crippen molar-refractivity contribution in [3.05, 3.63) is 60.2 Å². The van der Waals surface area contributed by atoms with E-state index >= 15 is 0 Å². The number of hydrogen-bond acceptors (Lipinski definition) is 4. The van der Waals surface area contributed by atoms with Gasteiger partial charge in [0.25, 0.3) is 5.91 Å². The second kappa shape index (κ2) is 8.84. The van der Waals surface area contributed by atoms with Crippen molar-refractivity contribution in [1.29, 1.82) is 0 Å². The van der Waals surface area contributed by atoms with Crippen LogP contribution in [0, 0.1) is 0 Å². The molecule has 0 atom stereocenters. The fourth-order valence-electron chi connectivity index (χ4n) is 2.03. The molecule has 9 heteroatoms. The number of alkyl halides is 3. The lowest BCUT2D eigenvalue weighted by Crippen LogP contribution is -2.44. The van der Waals surface area contributed by atoms with E-state index in [9.17, 15) is 27.6 Å². The minimum atomic E-state index is -4.60. The van der Waals surface area contributed by atoms with Gasteiger partial charge in [0.1, 0.15) is 6.54 Å². The number of ether oxygens (including phenoxy) is 1. The van der Waals surface area contributed by atoms with Crippen LogP contribution in [0.4, 0.5) is 18.0 Å². The predicted molar refractivity (Wildman–Crippen MR) is 89.8 cm³/mol. The maximum absolute atomic E-state index is 11.9. The van der Waals surface area contributed by atoms with E-state index in [1.165, 1.54) is 17.4 Å². The minimum absolute atomic E-state index is 0.184. The second-order valence-corrected chi connectivity index (χ2v) is 5.37. The monoisotopic (exact) mass is 380 g/mol. The van der Waals surface area contributed by atoms with Gasteiger partial charge in [-0.1, -0.05) is 42.5 Å². The first-order valence-electron chi connectivity index (χ1n) is 7.71. The third-order valence-corrected chi connectivity index (χ3v) is 3.26. The highest BCUT2D eigenvalue weighted by atomic mass is 19.4. The molecule has 2 N–H and O–H groups in total. The van der Waals surface area contributed by atoms with E-state index in [-0.39, 0.29) is 5.56 Å². The molecule has 0 spiro atoms. The zero-order chi connectivity index (χ0) is 19.9. The quantitative estimate of drug-likeness (QED) is 0.782. The molecule has 27 heavy (non-hydrogen) atoms. The Morgan fingerprint density at radius 1 is 0.889 bits per heavy atom. The lowest BCUT2D eigenvalue weighted by atomic mass is 10.0. The number of nitrogens with one attached hydrogen (secondary N) is 2. The number of amides is 3. The molecule has 2 rings (SSSR count). The molecule has 0 aliphatic rings. The molecular formula is C18H15F3N2O4. The number of esters is 1. The third-order valence-electron chi connectivity index (χ3n) is 3.26. The number of carbonyl (C=O) groups excluding carboxylic acids is 3. The Bertz CT molecular complexity index is 806. The van der Waals surface area contributed by atoms with Gasteiger partial charge in [0.05, 0.1) is 5.56 Å². The van der Waals surface area contributed by atoms with Crippen LogP contribution in [0.3, 0.4) is 0 Å². The van der Waals surface area contributed by atoms with Crippen molar-refractivity contribution in [1.82, 2.24) is 10.6 Å². The normalized spacial score (nSPS) is 10.8. The summed E-state index contributed by atoms with van der Waals surface area (Å²) in [7, 11) is 0. The van der Waals surface area contributed by atoms with Crippen LogP contribution in [-0.4, -0.2) is 37.2 Å². The summed E-state index contributed by atoms with van der Waals surface area (Å²) in [5, 5.41) is 3.08. The van der Waals surface area contributed by atoms with Gasteiger partial charge in [0.15, 0.2) is 6.61 Å². The molecular weight excluding hydrogens is 365 g/mol. The first kappa shape index (κ1) is 20.0. The van der Waals surface area contributed by atoms with Crippen LogP contribution in [0.1, 0.15) is 10.4 Å². The lowest BCUT2D eigenvalue weighted by molar-refractivity contribution is -0.125. The average Bonchev–Trinajstić information content (AvgIpc) is 2.65. The first-order chi connectivity index (χ1) is 12.7. The van der Waals surface area contributed by atoms with Gasteiger partial charge in [-0.2, -0.15) is 13.2 Å². The zero-order valence-corrected chi connectivity index (χ0v) is 13.9. The van der Waals surface area contributed by atoms with Crippen molar-refractivity contribution in [3.63, 3.8) is 0 Å². The molecule has 0 aliphatic carbocycles. The third kappa shape index (κ3) is 6.81. The SMILES string of the molecule is O=C(COC(=O)c1ccc(-c2ccccc2)cc1)NC(=O)NCC(F)(F)F. The standard InChI is InChI=1S/C18H15F3N2O4/c19-18(20,21)11-22-17(26)23-15(24)10-27-16(25)14-8-6-13(7-9-14)12-4-2-1-3-5-12/h1-9H,10-11H2,(H2,22,23,24,26). The van der Waals surface area contributed by atoms with Crippen molar-refractivity contribution in [3.8, 4) is 11.1 Å². The number of carbonyl (C=O) groups is 3. The highest BCUT2D eigenvalue weighted by molar-refractivity contribution is 5.97. The van der Waals surface area contributed by atoms with Gasteiger partial charge in [-0.3, -0.25) is 10.1 Å². The molecule has 0 bridgehead atoms. The smallest absolute Gasteiger partial charge is 0.405 e. The van der Waals surface area contributed by atoms with Crippen molar-refractivity contribution in [2.75, 3.05) is 13.2 Å². The Morgan fingerprint density at radius 2 is 1.48 bits per heavy atom. The Morgan fingerprint density at radius 3 is 2.07 bits per heavy atom. The van der Waals surface area contributed by atoms with Gasteiger partial charge in [-0.05, 0) is 23.3 Å². The molecule has 0 fully saturated rings. The summed E-state index contributed by atoms with van der Waals surface area (Å²) in [6.07, 6.45) is -4.60. The Kier molecular flexibility index (Phi) is 6.53. The predicted octanol–water partition coefficient (Wildman–Crippen LogP) is 2.90. The van der Waals surface area contributed by atoms with E-state index in [1.807, 2.05) is 30.3 Å². The molecule has 0 saturated carbocycles. The summed E-state index contributed by atoms with van der Waals surface area (Å²) >= 11 is 0. The summed E-state index contributed by atoms with van der Waals surface area (Å²) < 4.78 is 40.5. The molecule has 0 unspecified atom stereocenters. The van der Waals surface area contributed by atoms with Crippen molar-refractivity contribution in [2.24, 2.45) is 0 Å². The van der Waals surface area contributed by atoms with Crippen LogP contribution >= 0.6 is 0 Å². The van der Waals surface area contributed by atoms with Crippen molar-refractivity contribution in [2.45, 2.75) is 6.18 Å². The molecule has 142 valence electrons. The number of hydrogen-bond donors (Lipinski definition) is 2. The average molecular weight is 380 g/mol. The Labute approximate surface area is 152 Å². The molecule has 0 saturated heterocycles. The molecule has 6 nitrogen and oxygen atoms in total. The summed E-state index contributed by atoms with van der Waals surface area (Å²) in [6.45, 7) is -2.39. The van der Waals surface area contributed by atoms with Gasteiger partial charge in [-0.25, -0.2) is 9.59 Å². The number of urea groups is 1. The van der Waals surface area contributed by atoms with Crippen molar-refractivity contribution < 1.29 is 32.3 Å². The van der Waals surface area contributed by atoms with Crippen molar-refractivity contribution >= 4 is 17.9 Å². The number of rotatable bonds is 5. The van der Waals surface area contributed by atoms with Gasteiger partial charge in [0.2, 0.25) is 0 Å². The highest BCUT2D eigenvalue weighted by Gasteiger charge is 2.28. The zero-order valence-electron chi connectivity index (χ0n) is 13.9. The molecule has 0 radical (unpaired) electrons. The summed E-state index contributed by atoms with van der Waals surface area (Å²) in [4.78, 5) is 34.4. The van der Waals surface area contributed by atoms with Crippen LogP contribution < -0.4 is 10.6 Å². The highest BCUT2D eigenvalue weighted by Crippen LogP contribution is 2.19. The van der Waals surface area contributed by atoms with Gasteiger partial charge >= 0.3 is 18.2 Å². The van der Waals surface area contributed by atoms with E-state index in [0.717, 1.165) is 11.1 Å². The Hall–Kier alpha value is -3.36. The second-order valence-electron chi connectivity index (χ2n) is 5.37.